The quantitative estimate of drug-likeness (QED) is 0.562. The molecular formula is C25H29F4N3O3. The number of ether oxygens (including phenoxy) is 2. The topological polar surface area (TPSA) is 62.8 Å². The third kappa shape index (κ3) is 4.76. The molecule has 0 radical (unpaired) electrons. The molecule has 35 heavy (non-hydrogen) atoms. The monoisotopic (exact) mass is 495 g/mol. The molecule has 2 aromatic rings. The van der Waals surface area contributed by atoms with E-state index in [4.69, 9.17) is 9.47 Å². The molecular weight excluding hydrogens is 466 g/mol. The van der Waals surface area contributed by atoms with Gasteiger partial charge < -0.3 is 25.0 Å². The Labute approximate surface area is 201 Å². The molecule has 1 aliphatic heterocycles. The number of methoxy groups -OCH3 is 2. The molecule has 190 valence electrons. The number of urea groups is 1. The van der Waals surface area contributed by atoms with Crippen molar-refractivity contribution in [1.29, 1.82) is 0 Å². The van der Waals surface area contributed by atoms with E-state index in [2.05, 4.69) is 21.6 Å². The van der Waals surface area contributed by atoms with Crippen LogP contribution in [0.2, 0.25) is 0 Å². The lowest BCUT2D eigenvalue weighted by atomic mass is 9.65. The van der Waals surface area contributed by atoms with Crippen LogP contribution in [0.3, 0.4) is 0 Å². The van der Waals surface area contributed by atoms with E-state index in [1.165, 1.54) is 0 Å². The Morgan fingerprint density at radius 1 is 1.11 bits per heavy atom. The molecule has 2 fully saturated rings. The summed E-state index contributed by atoms with van der Waals surface area (Å²) in [4.78, 5) is 14.8. The van der Waals surface area contributed by atoms with Gasteiger partial charge in [-0.2, -0.15) is 13.2 Å². The van der Waals surface area contributed by atoms with Gasteiger partial charge >= 0.3 is 12.2 Å². The van der Waals surface area contributed by atoms with Crippen LogP contribution < -0.4 is 20.1 Å². The molecule has 0 aromatic heterocycles. The minimum Gasteiger partial charge on any atom is -0.493 e. The Bertz CT molecular complexity index is 1090. The van der Waals surface area contributed by atoms with E-state index in [1.54, 1.807) is 14.2 Å². The number of rotatable bonds is 5. The van der Waals surface area contributed by atoms with Crippen LogP contribution in [0.25, 0.3) is 0 Å². The number of nitrogens with zero attached hydrogens (tertiary/aromatic N) is 1. The average molecular weight is 496 g/mol. The summed E-state index contributed by atoms with van der Waals surface area (Å²) in [6, 6.07) is 8.00. The van der Waals surface area contributed by atoms with Crippen LogP contribution in [-0.2, 0) is 11.6 Å². The first-order chi connectivity index (χ1) is 16.6. The molecule has 0 unspecified atom stereocenters. The molecule has 1 aliphatic carbocycles. The van der Waals surface area contributed by atoms with Gasteiger partial charge in [0, 0.05) is 17.5 Å². The molecule has 6 nitrogen and oxygen atoms in total. The summed E-state index contributed by atoms with van der Waals surface area (Å²) >= 11 is 0. The maximum absolute atomic E-state index is 14.3. The molecule has 1 heterocycles. The number of anilines is 1. The van der Waals surface area contributed by atoms with E-state index in [1.807, 2.05) is 19.2 Å². The lowest BCUT2D eigenvalue weighted by Crippen LogP contribution is -2.52. The number of likely N-dealkylation sites (tertiary alicyclic amines) is 1. The summed E-state index contributed by atoms with van der Waals surface area (Å²) in [7, 11) is 5.24. The number of fused-ring (bicyclic) bond motifs is 1. The van der Waals surface area contributed by atoms with Crippen molar-refractivity contribution in [2.45, 2.75) is 49.4 Å². The van der Waals surface area contributed by atoms with Crippen molar-refractivity contribution in [1.82, 2.24) is 10.2 Å². The third-order valence-corrected chi connectivity index (χ3v) is 7.37. The zero-order valence-corrected chi connectivity index (χ0v) is 19.8. The molecule has 2 aromatic carbocycles. The maximum Gasteiger partial charge on any atom is 0.419 e. The first-order valence-electron chi connectivity index (χ1n) is 11.4. The highest BCUT2D eigenvalue weighted by molar-refractivity contribution is 5.89. The van der Waals surface area contributed by atoms with E-state index < -0.39 is 29.3 Å². The number of nitrogens with one attached hydrogen (secondary N) is 2. The zero-order valence-electron chi connectivity index (χ0n) is 19.8. The number of alkyl halides is 3. The molecule has 1 saturated carbocycles. The van der Waals surface area contributed by atoms with Gasteiger partial charge in [-0.15, -0.1) is 0 Å². The van der Waals surface area contributed by atoms with Crippen LogP contribution in [0, 0.1) is 5.82 Å². The van der Waals surface area contributed by atoms with E-state index in [0.717, 1.165) is 37.1 Å². The molecule has 1 saturated heterocycles. The number of amides is 2. The van der Waals surface area contributed by atoms with Gasteiger partial charge in [0.05, 0.1) is 25.5 Å². The number of hydrogen-bond donors (Lipinski definition) is 2. The smallest absolute Gasteiger partial charge is 0.419 e. The van der Waals surface area contributed by atoms with Crippen molar-refractivity contribution in [2.75, 3.05) is 33.1 Å². The third-order valence-electron chi connectivity index (χ3n) is 7.37. The van der Waals surface area contributed by atoms with E-state index in [9.17, 15) is 22.4 Å². The molecule has 2 N–H and O–H groups in total. The molecule has 2 aliphatic rings. The number of halogens is 4. The molecule has 0 spiro atoms. The van der Waals surface area contributed by atoms with Crippen molar-refractivity contribution in [3.05, 3.63) is 53.3 Å². The molecule has 3 atom stereocenters. The normalized spacial score (nSPS) is 24.5. The Kier molecular flexibility index (Phi) is 6.86. The van der Waals surface area contributed by atoms with Crippen molar-refractivity contribution < 1.29 is 31.8 Å². The zero-order chi connectivity index (χ0) is 25.4. The fraction of sp³-hybridized carbons (Fsp3) is 0.480. The summed E-state index contributed by atoms with van der Waals surface area (Å²) in [6.45, 7) is 0.896. The fourth-order valence-electron chi connectivity index (χ4n) is 5.59. The second-order valence-corrected chi connectivity index (χ2v) is 9.21. The van der Waals surface area contributed by atoms with Crippen molar-refractivity contribution >= 4 is 11.7 Å². The highest BCUT2D eigenvalue weighted by Gasteiger charge is 2.50. The lowest BCUT2D eigenvalue weighted by molar-refractivity contribution is -0.139. The number of hydrogen-bond acceptors (Lipinski definition) is 4. The van der Waals surface area contributed by atoms with Gasteiger partial charge in [-0.3, -0.25) is 0 Å². The van der Waals surface area contributed by atoms with Gasteiger partial charge in [0.1, 0.15) is 0 Å². The summed E-state index contributed by atoms with van der Waals surface area (Å²) in [5.74, 6) is -0.179. The van der Waals surface area contributed by atoms with Crippen LogP contribution >= 0.6 is 0 Å². The van der Waals surface area contributed by atoms with Crippen molar-refractivity contribution in [2.24, 2.45) is 0 Å². The number of benzene rings is 2. The summed E-state index contributed by atoms with van der Waals surface area (Å²) in [5.41, 5.74) is -0.889. The van der Waals surface area contributed by atoms with Gasteiger partial charge in [-0.05, 0) is 69.1 Å². The Hall–Kier alpha value is -3.01. The maximum atomic E-state index is 14.3. The molecule has 2 amide bonds. The van der Waals surface area contributed by atoms with Gasteiger partial charge in [0.2, 0.25) is 0 Å². The summed E-state index contributed by atoms with van der Waals surface area (Å²) in [5, 5.41) is 5.07. The van der Waals surface area contributed by atoms with Crippen LogP contribution in [0.15, 0.2) is 36.4 Å². The largest absolute Gasteiger partial charge is 0.493 e. The molecule has 10 heteroatoms. The Morgan fingerprint density at radius 2 is 1.86 bits per heavy atom. The first-order valence-corrected chi connectivity index (χ1v) is 11.4. The van der Waals surface area contributed by atoms with Gasteiger partial charge in [0.15, 0.2) is 17.3 Å². The minimum absolute atomic E-state index is 0.115. The summed E-state index contributed by atoms with van der Waals surface area (Å²) in [6.07, 6.45) is -1.75. The molecule has 0 bridgehead atoms. The van der Waals surface area contributed by atoms with E-state index >= 15 is 0 Å². The Morgan fingerprint density at radius 3 is 2.54 bits per heavy atom. The minimum atomic E-state index is -4.85. The van der Waals surface area contributed by atoms with Crippen LogP contribution in [0.1, 0.15) is 36.8 Å². The predicted molar refractivity (Wildman–Crippen MR) is 123 cm³/mol. The SMILES string of the molecule is COc1ccc([C@@]23CC[C@H](NC(=O)Nc4cccc(C(F)(F)F)c4F)C[C@H]2N(C)CC3)cc1OC. The van der Waals surface area contributed by atoms with Gasteiger partial charge in [-0.25, -0.2) is 9.18 Å². The fourth-order valence-corrected chi connectivity index (χ4v) is 5.59. The highest BCUT2D eigenvalue weighted by atomic mass is 19.4. The van der Waals surface area contributed by atoms with E-state index in [0.29, 0.717) is 30.4 Å². The van der Waals surface area contributed by atoms with Gasteiger partial charge in [-0.1, -0.05) is 12.1 Å². The lowest BCUT2D eigenvalue weighted by Gasteiger charge is -2.45. The van der Waals surface area contributed by atoms with Crippen molar-refractivity contribution in [3.8, 4) is 11.5 Å². The Balaban J connectivity index is 1.48. The second-order valence-electron chi connectivity index (χ2n) is 9.21. The van der Waals surface area contributed by atoms with Crippen molar-refractivity contribution in [3.63, 3.8) is 0 Å². The number of carbonyl (C=O) groups excluding carboxylic acids is 1. The molecule has 4 rings (SSSR count). The standard InChI is InChI=1S/C25H29F4N3O3/c1-32-12-11-24(15-7-8-19(34-2)20(13-15)35-3)10-9-16(14-21(24)32)30-23(33)31-18-6-4-5-17(22(18)26)25(27,28)29/h4-8,13,16,21H,9-12,14H2,1-3H3,(H2,30,31,33)/t16-,21+,24-/m0/s1. The number of likely N-dealkylation sites (N-methyl/N-ethyl adjacent to an activating group) is 1. The second kappa shape index (κ2) is 9.56. The first kappa shape index (κ1) is 25.1. The summed E-state index contributed by atoms with van der Waals surface area (Å²) < 4.78 is 64.1. The highest BCUT2D eigenvalue weighted by Crippen LogP contribution is 2.50. The average Bonchev–Trinajstić information content (AvgIpc) is 3.16. The number of carbonyl (C=O) groups is 1. The predicted octanol–water partition coefficient (Wildman–Crippen LogP) is 5.18. The van der Waals surface area contributed by atoms with E-state index in [-0.39, 0.29) is 17.5 Å². The van der Waals surface area contributed by atoms with Crippen LogP contribution in [0.4, 0.5) is 28.0 Å². The van der Waals surface area contributed by atoms with Gasteiger partial charge in [0.25, 0.3) is 0 Å². The van der Waals surface area contributed by atoms with Crippen LogP contribution in [0.5, 0.6) is 11.5 Å². The van der Waals surface area contributed by atoms with Crippen LogP contribution in [-0.4, -0.2) is 50.8 Å².